The van der Waals surface area contributed by atoms with E-state index < -0.39 is 24.0 Å². The predicted molar refractivity (Wildman–Crippen MR) is 164 cm³/mol. The summed E-state index contributed by atoms with van der Waals surface area (Å²) in [5, 5.41) is 9.72. The van der Waals surface area contributed by atoms with Crippen molar-refractivity contribution in [3.63, 3.8) is 0 Å². The van der Waals surface area contributed by atoms with Crippen molar-refractivity contribution in [1.82, 2.24) is 13.7 Å². The number of benzene rings is 2. The number of aromatic nitrogens is 1. The zero-order valence-electron chi connectivity index (χ0n) is 22.3. The number of nitrogens with two attached hydrogens (primary N) is 1. The number of hydrogen-bond donors (Lipinski definition) is 1. The van der Waals surface area contributed by atoms with Gasteiger partial charge in [0, 0.05) is 5.56 Å². The van der Waals surface area contributed by atoms with Crippen molar-refractivity contribution in [3.8, 4) is 22.4 Å². The van der Waals surface area contributed by atoms with E-state index in [9.17, 15) is 8.42 Å². The van der Waals surface area contributed by atoms with E-state index in [4.69, 9.17) is 9.66 Å². The zero-order chi connectivity index (χ0) is 27.1. The van der Waals surface area contributed by atoms with Gasteiger partial charge < -0.3 is 4.52 Å². The van der Waals surface area contributed by atoms with E-state index in [1.165, 1.54) is 63.5 Å². The Morgan fingerprint density at radius 3 is 2.33 bits per heavy atom. The number of nitrogens with zero attached hydrogens (tertiary/aromatic N) is 3. The van der Waals surface area contributed by atoms with Crippen LogP contribution in [0.3, 0.4) is 0 Å². The van der Waals surface area contributed by atoms with Gasteiger partial charge in [0.2, 0.25) is 10.0 Å². The molecule has 7 nitrogen and oxygen atoms in total. The molecule has 2 fully saturated rings. The molecule has 39 heavy (non-hydrogen) atoms. The van der Waals surface area contributed by atoms with Crippen LogP contribution in [-0.2, 0) is 16.4 Å². The third-order valence-electron chi connectivity index (χ3n) is 7.47. The van der Waals surface area contributed by atoms with E-state index in [0.29, 0.717) is 0 Å². The quantitative estimate of drug-likeness (QED) is 0.225. The second-order valence-corrected chi connectivity index (χ2v) is 26.5. The van der Waals surface area contributed by atoms with Crippen LogP contribution in [0.1, 0.15) is 37.9 Å². The molecule has 1 aromatic heterocycles. The smallest absolute Gasteiger partial charge is 0.0415 e. The molecule has 2 aliphatic rings. The number of aryl methyl sites for hydroxylation is 1. The summed E-state index contributed by atoms with van der Waals surface area (Å²) in [7, 11) is 0.865. The molecule has 0 bridgehead atoms. The monoisotopic (exact) mass is 642 g/mol. The largest absolute Gasteiger partial charge is 0.0528 e. The first-order chi connectivity index (χ1) is 19.0. The average Bonchev–Trinajstić information content (AvgIpc) is 3.56. The van der Waals surface area contributed by atoms with E-state index in [-0.39, 0.29) is 4.90 Å². The SMILES string of the molecule is NS(=O)(=O)c1ccc(-c2c(-c3ccccc3)noc2CCCCCCCN2CC[S][Ga]3[S]CC[N]3CC2)cc1. The number of unbranched alkanes of at least 4 members (excludes halogenated alkanes) is 4. The molecule has 2 aromatic carbocycles. The summed E-state index contributed by atoms with van der Waals surface area (Å²) in [6, 6.07) is 16.6. The number of rotatable bonds is 11. The Balaban J connectivity index is 1.13. The Morgan fingerprint density at radius 2 is 1.56 bits per heavy atom. The molecule has 5 rings (SSSR count). The molecule has 0 aliphatic carbocycles. The summed E-state index contributed by atoms with van der Waals surface area (Å²) in [4.78, 5) is 2.78. The van der Waals surface area contributed by atoms with Crippen molar-refractivity contribution in [3.05, 3.63) is 60.4 Å². The molecular formula is C28H37GaN4O3S3. The van der Waals surface area contributed by atoms with Crippen molar-refractivity contribution in [1.29, 1.82) is 0 Å². The standard InChI is InChI=1S/C28H39N4O3S3.Ga/c29-38(33,34)25-14-12-23(13-15-25)27-26(35-31-28(27)24-9-5-4-6-10-24)11-7-2-1-3-8-18-32(20-22-37)19-16-30-17-21-36;/h4-6,9-10,12-15,36-37H,1-3,7-8,11,16-22H2,(H2,29,33,34);/q-1;+3/p-2. The fraction of sp³-hybridized carbons (Fsp3) is 0.464. The van der Waals surface area contributed by atoms with Gasteiger partial charge >= 0.3 is 130 Å². The maximum Gasteiger partial charge on any atom is -0.0415 e. The summed E-state index contributed by atoms with van der Waals surface area (Å²) in [6.07, 6.45) is 6.74. The number of fused-ring (bicyclic) bond motifs is 1. The van der Waals surface area contributed by atoms with Gasteiger partial charge in [-0.05, 0) is 17.7 Å². The Bertz CT molecular complexity index is 1310. The van der Waals surface area contributed by atoms with E-state index in [1.54, 1.807) is 24.3 Å². The van der Waals surface area contributed by atoms with Crippen LogP contribution in [-0.4, -0.2) is 80.3 Å². The van der Waals surface area contributed by atoms with Crippen LogP contribution >= 0.6 is 19.4 Å². The van der Waals surface area contributed by atoms with Gasteiger partial charge in [0.15, 0.2) is 0 Å². The Labute approximate surface area is 244 Å². The van der Waals surface area contributed by atoms with Crippen LogP contribution in [0.15, 0.2) is 64.0 Å². The fourth-order valence-corrected chi connectivity index (χ4v) is 23.0. The van der Waals surface area contributed by atoms with Gasteiger partial charge in [-0.3, -0.25) is 0 Å². The van der Waals surface area contributed by atoms with E-state index in [1.807, 2.05) is 30.3 Å². The molecule has 0 spiro atoms. The second-order valence-electron chi connectivity index (χ2n) is 10.2. The normalized spacial score (nSPS) is 17.2. The van der Waals surface area contributed by atoms with Gasteiger partial charge in [-0.1, -0.05) is 47.6 Å². The molecule has 2 aliphatic heterocycles. The van der Waals surface area contributed by atoms with Crippen LogP contribution in [0.4, 0.5) is 0 Å². The molecule has 3 heterocycles. The minimum Gasteiger partial charge on any atom is -0.0528 e. The summed E-state index contributed by atoms with van der Waals surface area (Å²) in [6.45, 7) is 6.35. The van der Waals surface area contributed by atoms with Gasteiger partial charge in [0.1, 0.15) is 5.69 Å². The Kier molecular flexibility index (Phi) is 10.6. The summed E-state index contributed by atoms with van der Waals surface area (Å²) in [5.74, 6) is 3.54. The van der Waals surface area contributed by atoms with Crippen LogP contribution in [0.2, 0.25) is 0 Å². The molecule has 2 saturated heterocycles. The molecule has 208 valence electrons. The minimum absolute atomic E-state index is 0.0988. The van der Waals surface area contributed by atoms with E-state index in [2.05, 4.69) is 33.1 Å². The third kappa shape index (κ3) is 7.97. The van der Waals surface area contributed by atoms with Crippen LogP contribution in [0, 0.1) is 0 Å². The van der Waals surface area contributed by atoms with Crippen molar-refractivity contribution < 1.29 is 12.9 Å². The van der Waals surface area contributed by atoms with Gasteiger partial charge in [-0.2, -0.15) is 0 Å². The Morgan fingerprint density at radius 1 is 0.846 bits per heavy atom. The second kappa shape index (κ2) is 14.1. The van der Waals surface area contributed by atoms with Crippen LogP contribution < -0.4 is 5.14 Å². The molecule has 0 atom stereocenters. The molecular weight excluding hydrogens is 606 g/mol. The zero-order valence-corrected chi connectivity index (χ0v) is 27.2. The summed E-state index contributed by atoms with van der Waals surface area (Å²) < 4.78 is 32.2. The molecule has 2 N–H and O–H groups in total. The maximum absolute atomic E-state index is 11.7. The average molecular weight is 644 g/mol. The van der Waals surface area contributed by atoms with Gasteiger partial charge in [-0.15, -0.1) is 0 Å². The van der Waals surface area contributed by atoms with Crippen molar-refractivity contribution >= 4 is 43.4 Å². The molecule has 3 aromatic rings. The van der Waals surface area contributed by atoms with Crippen molar-refractivity contribution in [2.75, 3.05) is 44.2 Å². The van der Waals surface area contributed by atoms with Crippen molar-refractivity contribution in [2.45, 2.75) is 43.4 Å². The van der Waals surface area contributed by atoms with Gasteiger partial charge in [-0.25, -0.2) is 13.6 Å². The Hall–Kier alpha value is -1.18. The van der Waals surface area contributed by atoms with Gasteiger partial charge in [0.05, 0.1) is 10.5 Å². The van der Waals surface area contributed by atoms with E-state index >= 15 is 0 Å². The molecule has 0 saturated carbocycles. The summed E-state index contributed by atoms with van der Waals surface area (Å²) in [5.41, 5.74) is 3.57. The topological polar surface area (TPSA) is 92.7 Å². The number of sulfonamides is 1. The first-order valence-electron chi connectivity index (χ1n) is 13.9. The molecule has 11 heteroatoms. The predicted octanol–water partition coefficient (Wildman–Crippen LogP) is 5.23. The van der Waals surface area contributed by atoms with Crippen LogP contribution in [0.5, 0.6) is 0 Å². The number of hydrogen-bond acceptors (Lipinski definition) is 8. The van der Waals surface area contributed by atoms with Crippen LogP contribution in [0.25, 0.3) is 22.4 Å². The van der Waals surface area contributed by atoms with Crippen molar-refractivity contribution in [2.24, 2.45) is 5.14 Å². The van der Waals surface area contributed by atoms with E-state index in [0.717, 1.165) is 47.4 Å². The maximum atomic E-state index is 11.7. The first-order valence-corrected chi connectivity index (χ1v) is 24.5. The third-order valence-corrected chi connectivity index (χ3v) is 26.0. The van der Waals surface area contributed by atoms with Gasteiger partial charge in [0.25, 0.3) is 0 Å². The summed E-state index contributed by atoms with van der Waals surface area (Å²) >= 11 is -1.21. The minimum atomic E-state index is -3.74. The molecule has 0 unspecified atom stereocenters. The molecule has 0 amide bonds. The molecule has 0 radical (unpaired) electrons. The number of primary sulfonamides is 1. The fourth-order valence-electron chi connectivity index (χ4n) is 5.29. The first kappa shape index (κ1) is 29.3.